The first kappa shape index (κ1) is 18.1. The summed E-state index contributed by atoms with van der Waals surface area (Å²) in [5.74, 6) is -1.82. The summed E-state index contributed by atoms with van der Waals surface area (Å²) in [6, 6.07) is 1.89. The minimum absolute atomic E-state index is 0.0352. The molecule has 1 aromatic carbocycles. The lowest BCUT2D eigenvalue weighted by Crippen LogP contribution is -2.51. The van der Waals surface area contributed by atoms with Crippen molar-refractivity contribution in [3.63, 3.8) is 0 Å². The van der Waals surface area contributed by atoms with E-state index in [0.29, 0.717) is 0 Å². The molecule has 0 bridgehead atoms. The van der Waals surface area contributed by atoms with Crippen LogP contribution in [0.15, 0.2) is 16.6 Å². The number of hydrogen-bond acceptors (Lipinski definition) is 2. The maximum Gasteiger partial charge on any atom is 0.401 e. The van der Waals surface area contributed by atoms with E-state index in [-0.39, 0.29) is 42.6 Å². The highest BCUT2D eigenvalue weighted by atomic mass is 79.9. The number of hydrogen-bond donors (Lipinski definition) is 0. The molecule has 3 nitrogen and oxygen atoms in total. The van der Waals surface area contributed by atoms with E-state index in [0.717, 1.165) is 12.1 Å². The van der Waals surface area contributed by atoms with Gasteiger partial charge in [0, 0.05) is 31.7 Å². The molecule has 1 fully saturated rings. The molecule has 0 N–H and O–H groups in total. The summed E-state index contributed by atoms with van der Waals surface area (Å²) in [6.45, 7) is -0.544. The first-order chi connectivity index (χ1) is 10.7. The molecule has 1 aromatic rings. The molecule has 1 heterocycles. The molecule has 0 atom stereocenters. The zero-order valence-corrected chi connectivity index (χ0v) is 13.6. The summed E-state index contributed by atoms with van der Waals surface area (Å²) in [7, 11) is 0. The Morgan fingerprint density at radius 3 is 2.26 bits per heavy atom. The van der Waals surface area contributed by atoms with Crippen molar-refractivity contribution in [1.29, 1.82) is 0 Å². The highest BCUT2D eigenvalue weighted by Crippen LogP contribution is 2.21. The molecule has 128 valence electrons. The van der Waals surface area contributed by atoms with Crippen LogP contribution in [-0.2, 0) is 11.2 Å². The highest BCUT2D eigenvalue weighted by Gasteiger charge is 2.32. The Morgan fingerprint density at radius 1 is 1.09 bits per heavy atom. The van der Waals surface area contributed by atoms with Crippen LogP contribution in [0.1, 0.15) is 5.56 Å². The van der Waals surface area contributed by atoms with Crippen LogP contribution in [-0.4, -0.2) is 54.6 Å². The van der Waals surface area contributed by atoms with Crippen LogP contribution in [0.3, 0.4) is 0 Å². The van der Waals surface area contributed by atoms with Gasteiger partial charge in [-0.05, 0) is 28.1 Å². The van der Waals surface area contributed by atoms with Crippen molar-refractivity contribution in [1.82, 2.24) is 9.80 Å². The van der Waals surface area contributed by atoms with Crippen LogP contribution >= 0.6 is 15.9 Å². The van der Waals surface area contributed by atoms with E-state index in [1.807, 2.05) is 0 Å². The first-order valence-electron chi connectivity index (χ1n) is 6.86. The number of nitrogens with zero attached hydrogens (tertiary/aromatic N) is 2. The number of halogens is 6. The maximum absolute atomic E-state index is 13.7. The summed E-state index contributed by atoms with van der Waals surface area (Å²) in [5.41, 5.74) is -0.0755. The summed E-state index contributed by atoms with van der Waals surface area (Å²) >= 11 is 2.85. The van der Waals surface area contributed by atoms with Crippen molar-refractivity contribution >= 4 is 21.8 Å². The Balaban J connectivity index is 1.92. The van der Waals surface area contributed by atoms with Gasteiger partial charge in [-0.2, -0.15) is 13.2 Å². The molecule has 2 rings (SSSR count). The van der Waals surface area contributed by atoms with Crippen LogP contribution in [0.25, 0.3) is 0 Å². The third-order valence-electron chi connectivity index (χ3n) is 3.56. The third kappa shape index (κ3) is 5.13. The van der Waals surface area contributed by atoms with Crippen LogP contribution in [0.5, 0.6) is 0 Å². The van der Waals surface area contributed by atoms with Crippen molar-refractivity contribution in [2.75, 3.05) is 32.7 Å². The van der Waals surface area contributed by atoms with E-state index in [4.69, 9.17) is 0 Å². The minimum atomic E-state index is -4.27. The topological polar surface area (TPSA) is 23.6 Å². The van der Waals surface area contributed by atoms with Gasteiger partial charge in [0.25, 0.3) is 0 Å². The molecule has 0 aromatic heterocycles. The van der Waals surface area contributed by atoms with Gasteiger partial charge in [0.05, 0.1) is 17.4 Å². The van der Waals surface area contributed by atoms with Gasteiger partial charge in [-0.3, -0.25) is 9.69 Å². The molecule has 1 aliphatic rings. The number of rotatable bonds is 3. The zero-order chi connectivity index (χ0) is 17.2. The Kier molecular flexibility index (Phi) is 5.61. The predicted octanol–water partition coefficient (Wildman–Crippen LogP) is 2.98. The van der Waals surface area contributed by atoms with Crippen LogP contribution < -0.4 is 0 Å². The van der Waals surface area contributed by atoms with Crippen LogP contribution in [0.4, 0.5) is 22.0 Å². The Bertz CT molecular complexity index is 585. The second-order valence-corrected chi connectivity index (χ2v) is 6.16. The van der Waals surface area contributed by atoms with E-state index in [1.165, 1.54) is 9.80 Å². The van der Waals surface area contributed by atoms with Crippen molar-refractivity contribution in [2.45, 2.75) is 12.6 Å². The Morgan fingerprint density at radius 2 is 1.70 bits per heavy atom. The Hall–Kier alpha value is -1.22. The van der Waals surface area contributed by atoms with E-state index < -0.39 is 30.3 Å². The molecular formula is C14H14BrF5N2O. The second-order valence-electron chi connectivity index (χ2n) is 5.31. The number of benzene rings is 1. The van der Waals surface area contributed by atoms with Gasteiger partial charge in [0.15, 0.2) is 0 Å². The number of amides is 1. The van der Waals surface area contributed by atoms with Crippen molar-refractivity contribution in [3.8, 4) is 0 Å². The number of alkyl halides is 3. The van der Waals surface area contributed by atoms with E-state index in [2.05, 4.69) is 15.9 Å². The summed E-state index contributed by atoms with van der Waals surface area (Å²) in [6.07, 6.45) is -4.60. The number of carbonyl (C=O) groups is 1. The molecule has 1 aliphatic heterocycles. The highest BCUT2D eigenvalue weighted by molar-refractivity contribution is 9.10. The standard InChI is InChI=1S/C14H14BrF5N2O/c15-10-7-11(16)9(5-12(10)17)6-13(23)22-3-1-21(2-4-22)8-14(18,19)20/h5,7H,1-4,6,8H2. The fourth-order valence-electron chi connectivity index (χ4n) is 2.38. The van der Waals surface area contributed by atoms with Crippen molar-refractivity contribution < 1.29 is 26.7 Å². The molecule has 9 heteroatoms. The van der Waals surface area contributed by atoms with Crippen molar-refractivity contribution in [3.05, 3.63) is 33.8 Å². The van der Waals surface area contributed by atoms with Crippen LogP contribution in [0, 0.1) is 11.6 Å². The molecule has 0 unspecified atom stereocenters. The fraction of sp³-hybridized carbons (Fsp3) is 0.500. The molecule has 23 heavy (non-hydrogen) atoms. The molecule has 0 aliphatic carbocycles. The summed E-state index contributed by atoms with van der Waals surface area (Å²) in [4.78, 5) is 14.7. The SMILES string of the molecule is O=C(Cc1cc(F)c(Br)cc1F)N1CCN(CC(F)(F)F)CC1. The van der Waals surface area contributed by atoms with Gasteiger partial charge in [0.2, 0.25) is 5.91 Å². The molecular weight excluding hydrogens is 387 g/mol. The zero-order valence-electron chi connectivity index (χ0n) is 12.0. The average molecular weight is 401 g/mol. The lowest BCUT2D eigenvalue weighted by Gasteiger charge is -2.35. The third-order valence-corrected chi connectivity index (χ3v) is 4.17. The largest absolute Gasteiger partial charge is 0.401 e. The predicted molar refractivity (Wildman–Crippen MR) is 76.8 cm³/mol. The van der Waals surface area contributed by atoms with Gasteiger partial charge >= 0.3 is 6.18 Å². The maximum atomic E-state index is 13.7. The van der Waals surface area contributed by atoms with E-state index >= 15 is 0 Å². The lowest BCUT2D eigenvalue weighted by atomic mass is 10.1. The Labute approximate surface area is 138 Å². The summed E-state index contributed by atoms with van der Waals surface area (Å²) in [5, 5.41) is 0. The molecule has 1 saturated heterocycles. The molecule has 0 saturated carbocycles. The second kappa shape index (κ2) is 7.12. The molecule has 0 spiro atoms. The first-order valence-corrected chi connectivity index (χ1v) is 7.65. The normalized spacial score (nSPS) is 16.7. The van der Waals surface area contributed by atoms with Gasteiger partial charge in [-0.15, -0.1) is 0 Å². The lowest BCUT2D eigenvalue weighted by molar-refractivity contribution is -0.151. The average Bonchev–Trinajstić information content (AvgIpc) is 2.43. The van der Waals surface area contributed by atoms with E-state index in [9.17, 15) is 26.7 Å². The van der Waals surface area contributed by atoms with E-state index in [1.54, 1.807) is 0 Å². The van der Waals surface area contributed by atoms with Crippen LogP contribution in [0.2, 0.25) is 0 Å². The fourth-order valence-corrected chi connectivity index (χ4v) is 2.70. The smallest absolute Gasteiger partial charge is 0.340 e. The quantitative estimate of drug-likeness (QED) is 0.575. The summed E-state index contributed by atoms with van der Waals surface area (Å²) < 4.78 is 64.0. The van der Waals surface area contributed by atoms with Gasteiger partial charge < -0.3 is 4.90 Å². The number of piperazine rings is 1. The molecule has 0 radical (unpaired) electrons. The van der Waals surface area contributed by atoms with Gasteiger partial charge in [0.1, 0.15) is 11.6 Å². The molecule has 1 amide bonds. The van der Waals surface area contributed by atoms with Crippen molar-refractivity contribution in [2.24, 2.45) is 0 Å². The minimum Gasteiger partial charge on any atom is -0.340 e. The monoisotopic (exact) mass is 400 g/mol. The number of carbonyl (C=O) groups excluding carboxylic acids is 1. The van der Waals surface area contributed by atoms with Gasteiger partial charge in [-0.25, -0.2) is 8.78 Å². The van der Waals surface area contributed by atoms with Gasteiger partial charge in [-0.1, -0.05) is 0 Å².